The van der Waals surface area contributed by atoms with Crippen molar-refractivity contribution in [3.63, 3.8) is 0 Å². The number of pyridine rings is 1. The first-order valence-electron chi connectivity index (χ1n) is 5.30. The Morgan fingerprint density at radius 2 is 2.50 bits per heavy atom. The fourth-order valence-electron chi connectivity index (χ4n) is 1.94. The highest BCUT2D eigenvalue weighted by atomic mass is 16.4. The van der Waals surface area contributed by atoms with Crippen LogP contribution in [0.1, 0.15) is 16.8 Å². The Kier molecular flexibility index (Phi) is 3.05. The highest BCUT2D eigenvalue weighted by molar-refractivity contribution is 5.93. The van der Waals surface area contributed by atoms with Crippen molar-refractivity contribution in [1.82, 2.24) is 9.88 Å². The first-order valence-corrected chi connectivity index (χ1v) is 5.30. The van der Waals surface area contributed by atoms with E-state index in [1.807, 2.05) is 0 Å². The van der Waals surface area contributed by atoms with E-state index in [9.17, 15) is 4.79 Å². The van der Waals surface area contributed by atoms with Crippen molar-refractivity contribution in [1.29, 1.82) is 0 Å². The number of rotatable bonds is 3. The highest BCUT2D eigenvalue weighted by Gasteiger charge is 2.21. The van der Waals surface area contributed by atoms with Crippen molar-refractivity contribution in [2.75, 3.05) is 25.5 Å². The number of hydrogen-bond acceptors (Lipinski definition) is 4. The third-order valence-electron chi connectivity index (χ3n) is 2.77. The Hall–Kier alpha value is -1.62. The zero-order valence-corrected chi connectivity index (χ0v) is 9.18. The zero-order chi connectivity index (χ0) is 11.5. The van der Waals surface area contributed by atoms with E-state index in [-0.39, 0.29) is 11.6 Å². The minimum Gasteiger partial charge on any atom is -0.478 e. The Balaban J connectivity index is 2.12. The Morgan fingerprint density at radius 1 is 1.69 bits per heavy atom. The van der Waals surface area contributed by atoms with Gasteiger partial charge in [0.2, 0.25) is 0 Å². The van der Waals surface area contributed by atoms with Crippen molar-refractivity contribution < 1.29 is 9.90 Å². The predicted octanol–water partition coefficient (Wildman–Crippen LogP) is 0.896. The number of likely N-dealkylation sites (N-methyl/N-ethyl adjacent to an activating group) is 1. The summed E-state index contributed by atoms with van der Waals surface area (Å²) in [5, 5.41) is 12.2. The van der Waals surface area contributed by atoms with E-state index < -0.39 is 5.97 Å². The molecule has 1 unspecified atom stereocenters. The second kappa shape index (κ2) is 4.49. The van der Waals surface area contributed by atoms with E-state index in [2.05, 4.69) is 22.2 Å². The summed E-state index contributed by atoms with van der Waals surface area (Å²) >= 11 is 0. The largest absolute Gasteiger partial charge is 0.478 e. The van der Waals surface area contributed by atoms with Crippen LogP contribution >= 0.6 is 0 Å². The van der Waals surface area contributed by atoms with Gasteiger partial charge in [0.15, 0.2) is 0 Å². The minimum atomic E-state index is -0.943. The van der Waals surface area contributed by atoms with Gasteiger partial charge in [-0.1, -0.05) is 0 Å². The average Bonchev–Trinajstić information content (AvgIpc) is 2.64. The molecule has 2 rings (SSSR count). The number of carboxylic acid groups (broad SMARTS) is 1. The summed E-state index contributed by atoms with van der Waals surface area (Å²) in [6.45, 7) is 1.96. The first-order chi connectivity index (χ1) is 7.66. The Morgan fingerprint density at radius 3 is 3.12 bits per heavy atom. The summed E-state index contributed by atoms with van der Waals surface area (Å²) in [7, 11) is 2.05. The molecule has 0 aromatic carbocycles. The first kappa shape index (κ1) is 10.9. The molecule has 1 saturated heterocycles. The summed E-state index contributed by atoms with van der Waals surface area (Å²) in [4.78, 5) is 17.3. The Labute approximate surface area is 94.1 Å². The molecule has 5 nitrogen and oxygen atoms in total. The van der Waals surface area contributed by atoms with Crippen LogP contribution in [0.25, 0.3) is 0 Å². The lowest BCUT2D eigenvalue weighted by atomic mass is 10.2. The monoisotopic (exact) mass is 221 g/mol. The number of aromatic carboxylic acids is 1. The fraction of sp³-hybridized carbons (Fsp3) is 0.455. The molecule has 1 aromatic heterocycles. The quantitative estimate of drug-likeness (QED) is 0.793. The molecule has 2 heterocycles. The van der Waals surface area contributed by atoms with E-state index in [1.54, 1.807) is 18.3 Å². The van der Waals surface area contributed by atoms with Gasteiger partial charge in [-0.3, -0.25) is 0 Å². The SMILES string of the molecule is CN1CCC(Nc2ncccc2C(=O)O)C1. The molecule has 86 valence electrons. The van der Waals surface area contributed by atoms with Crippen molar-refractivity contribution in [3.8, 4) is 0 Å². The standard InChI is InChI=1S/C11H15N3O2/c1-14-6-4-8(7-14)13-10-9(11(15)16)3-2-5-12-10/h2-3,5,8H,4,6-7H2,1H3,(H,12,13)(H,15,16). The average molecular weight is 221 g/mol. The molecule has 1 atom stereocenters. The van der Waals surface area contributed by atoms with Crippen LogP contribution in [0.15, 0.2) is 18.3 Å². The number of nitrogens with one attached hydrogen (secondary N) is 1. The van der Waals surface area contributed by atoms with Crippen LogP contribution in [0, 0.1) is 0 Å². The van der Waals surface area contributed by atoms with Gasteiger partial charge in [0, 0.05) is 18.8 Å². The molecule has 0 saturated carbocycles. The second-order valence-electron chi connectivity index (χ2n) is 4.10. The van der Waals surface area contributed by atoms with Crippen molar-refractivity contribution in [2.45, 2.75) is 12.5 Å². The van der Waals surface area contributed by atoms with E-state index in [0.29, 0.717) is 5.82 Å². The lowest BCUT2D eigenvalue weighted by molar-refractivity contribution is 0.0697. The van der Waals surface area contributed by atoms with E-state index in [1.165, 1.54) is 0 Å². The lowest BCUT2D eigenvalue weighted by Gasteiger charge is -2.14. The summed E-state index contributed by atoms with van der Waals surface area (Å²) in [6.07, 6.45) is 2.62. The third-order valence-corrected chi connectivity index (χ3v) is 2.77. The summed E-state index contributed by atoms with van der Waals surface area (Å²) in [6, 6.07) is 3.49. The van der Waals surface area contributed by atoms with Gasteiger partial charge in [-0.25, -0.2) is 9.78 Å². The molecule has 1 aliphatic heterocycles. The van der Waals surface area contributed by atoms with Gasteiger partial charge in [0.1, 0.15) is 11.4 Å². The number of nitrogens with zero attached hydrogens (tertiary/aromatic N) is 2. The van der Waals surface area contributed by atoms with Crippen LogP contribution in [0.4, 0.5) is 5.82 Å². The van der Waals surface area contributed by atoms with Crippen LogP contribution in [0.5, 0.6) is 0 Å². The van der Waals surface area contributed by atoms with Crippen molar-refractivity contribution >= 4 is 11.8 Å². The summed E-state index contributed by atoms with van der Waals surface area (Å²) < 4.78 is 0. The molecular formula is C11H15N3O2. The molecule has 16 heavy (non-hydrogen) atoms. The fourth-order valence-corrected chi connectivity index (χ4v) is 1.94. The van der Waals surface area contributed by atoms with Gasteiger partial charge < -0.3 is 15.3 Å². The molecule has 1 fully saturated rings. The zero-order valence-electron chi connectivity index (χ0n) is 9.18. The number of hydrogen-bond donors (Lipinski definition) is 2. The summed E-state index contributed by atoms with van der Waals surface area (Å²) in [5.41, 5.74) is 0.233. The van der Waals surface area contributed by atoms with Crippen LogP contribution in [0.3, 0.4) is 0 Å². The van der Waals surface area contributed by atoms with Crippen LogP contribution in [-0.2, 0) is 0 Å². The third kappa shape index (κ3) is 2.30. The van der Waals surface area contributed by atoms with Gasteiger partial charge in [0.05, 0.1) is 0 Å². The van der Waals surface area contributed by atoms with Gasteiger partial charge in [0.25, 0.3) is 0 Å². The van der Waals surface area contributed by atoms with Crippen molar-refractivity contribution in [2.24, 2.45) is 0 Å². The second-order valence-corrected chi connectivity index (χ2v) is 4.10. The van der Waals surface area contributed by atoms with Gasteiger partial charge in [-0.15, -0.1) is 0 Å². The van der Waals surface area contributed by atoms with Crippen LogP contribution in [0.2, 0.25) is 0 Å². The van der Waals surface area contributed by atoms with E-state index >= 15 is 0 Å². The van der Waals surface area contributed by atoms with Crippen molar-refractivity contribution in [3.05, 3.63) is 23.9 Å². The maximum Gasteiger partial charge on any atom is 0.339 e. The lowest BCUT2D eigenvalue weighted by Crippen LogP contribution is -2.25. The predicted molar refractivity (Wildman–Crippen MR) is 60.7 cm³/mol. The van der Waals surface area contributed by atoms with Gasteiger partial charge >= 0.3 is 5.97 Å². The summed E-state index contributed by atoms with van der Waals surface area (Å²) in [5.74, 6) is -0.475. The molecule has 1 aliphatic rings. The topological polar surface area (TPSA) is 65.5 Å². The van der Waals surface area contributed by atoms with Crippen LogP contribution < -0.4 is 5.32 Å². The molecule has 0 amide bonds. The number of anilines is 1. The number of likely N-dealkylation sites (tertiary alicyclic amines) is 1. The molecular weight excluding hydrogens is 206 g/mol. The molecule has 0 radical (unpaired) electrons. The minimum absolute atomic E-state index is 0.233. The smallest absolute Gasteiger partial charge is 0.339 e. The number of carboxylic acids is 1. The maximum absolute atomic E-state index is 11.0. The molecule has 0 bridgehead atoms. The van der Waals surface area contributed by atoms with E-state index in [4.69, 9.17) is 5.11 Å². The van der Waals surface area contributed by atoms with E-state index in [0.717, 1.165) is 19.5 Å². The van der Waals surface area contributed by atoms with Gasteiger partial charge in [-0.2, -0.15) is 0 Å². The number of aromatic nitrogens is 1. The normalized spacial score (nSPS) is 20.9. The molecule has 0 aliphatic carbocycles. The molecule has 1 aromatic rings. The maximum atomic E-state index is 11.0. The molecule has 2 N–H and O–H groups in total. The van der Waals surface area contributed by atoms with Gasteiger partial charge in [-0.05, 0) is 32.1 Å². The molecule has 0 spiro atoms. The highest BCUT2D eigenvalue weighted by Crippen LogP contribution is 2.16. The Bertz CT molecular complexity index is 395. The molecule has 5 heteroatoms. The number of carbonyl (C=O) groups is 1. The van der Waals surface area contributed by atoms with Crippen LogP contribution in [-0.4, -0.2) is 47.1 Å².